The fraction of sp³-hybridized carbons (Fsp3) is 0.222. The third-order valence-electron chi connectivity index (χ3n) is 3.35. The van der Waals surface area contributed by atoms with Crippen molar-refractivity contribution in [3.05, 3.63) is 57.6 Å². The van der Waals surface area contributed by atoms with Crippen molar-refractivity contribution >= 4 is 11.9 Å². The van der Waals surface area contributed by atoms with Crippen LogP contribution in [0.5, 0.6) is 11.5 Å². The SMILES string of the molecule is Cc1cc(C)c(O)c(C(=O)O)c1.Cc1cc(C)c(O)c(C(=O)O)c1.[Cr]. The van der Waals surface area contributed by atoms with E-state index in [4.69, 9.17) is 10.2 Å². The van der Waals surface area contributed by atoms with Gasteiger partial charge in [0.25, 0.3) is 0 Å². The van der Waals surface area contributed by atoms with Crippen LogP contribution in [0.25, 0.3) is 0 Å². The van der Waals surface area contributed by atoms with Crippen molar-refractivity contribution in [2.75, 3.05) is 0 Å². The number of hydrogen-bond donors (Lipinski definition) is 4. The smallest absolute Gasteiger partial charge is 0.339 e. The maximum atomic E-state index is 10.6. The van der Waals surface area contributed by atoms with Gasteiger partial charge in [0, 0.05) is 17.4 Å². The Kier molecular flexibility index (Phi) is 8.21. The molecule has 0 unspecified atom stereocenters. The zero-order valence-corrected chi connectivity index (χ0v) is 15.6. The summed E-state index contributed by atoms with van der Waals surface area (Å²) < 4.78 is 0. The first-order valence-electron chi connectivity index (χ1n) is 7.11. The molecule has 0 saturated heterocycles. The molecule has 6 nitrogen and oxygen atoms in total. The Balaban J connectivity index is 0.000000443. The maximum absolute atomic E-state index is 10.6. The Bertz CT molecular complexity index is 731. The van der Waals surface area contributed by atoms with Gasteiger partial charge in [0.15, 0.2) is 0 Å². The van der Waals surface area contributed by atoms with Crippen molar-refractivity contribution in [2.24, 2.45) is 0 Å². The van der Waals surface area contributed by atoms with Gasteiger partial charge in [-0.05, 0) is 62.1 Å². The summed E-state index contributed by atoms with van der Waals surface area (Å²) in [6.45, 7) is 6.93. The molecule has 2 aromatic rings. The first-order chi connectivity index (χ1) is 11.0. The van der Waals surface area contributed by atoms with E-state index in [1.165, 1.54) is 12.1 Å². The minimum absolute atomic E-state index is 0. The number of aromatic carboxylic acids is 2. The molecular weight excluding hydrogens is 364 g/mol. The Morgan fingerprint density at radius 2 is 0.960 bits per heavy atom. The van der Waals surface area contributed by atoms with Gasteiger partial charge in [-0.2, -0.15) is 0 Å². The summed E-state index contributed by atoms with van der Waals surface area (Å²) in [5, 5.41) is 35.9. The zero-order chi connectivity index (χ0) is 18.6. The quantitative estimate of drug-likeness (QED) is 0.631. The van der Waals surface area contributed by atoms with Crippen LogP contribution in [0.4, 0.5) is 0 Å². The minimum Gasteiger partial charge on any atom is -0.507 e. The topological polar surface area (TPSA) is 115 Å². The van der Waals surface area contributed by atoms with E-state index in [1.54, 1.807) is 39.8 Å². The number of phenols is 2. The van der Waals surface area contributed by atoms with Crippen molar-refractivity contribution in [1.29, 1.82) is 0 Å². The summed E-state index contributed by atoms with van der Waals surface area (Å²) in [5.41, 5.74) is 2.78. The van der Waals surface area contributed by atoms with E-state index < -0.39 is 11.9 Å². The predicted octanol–water partition coefficient (Wildman–Crippen LogP) is 3.41. The predicted molar refractivity (Wildman–Crippen MR) is 89.1 cm³/mol. The van der Waals surface area contributed by atoms with Crippen LogP contribution in [-0.4, -0.2) is 32.4 Å². The summed E-state index contributed by atoms with van der Waals surface area (Å²) in [6, 6.07) is 6.37. The van der Waals surface area contributed by atoms with E-state index in [1.807, 2.05) is 0 Å². The van der Waals surface area contributed by atoms with Crippen LogP contribution in [0, 0.1) is 27.7 Å². The van der Waals surface area contributed by atoms with E-state index in [-0.39, 0.29) is 40.0 Å². The molecule has 0 aliphatic carbocycles. The molecule has 2 rings (SSSR count). The molecule has 4 N–H and O–H groups in total. The molecule has 0 aliphatic rings. The van der Waals surface area contributed by atoms with Gasteiger partial charge in [-0.25, -0.2) is 9.59 Å². The van der Waals surface area contributed by atoms with Gasteiger partial charge in [0.2, 0.25) is 0 Å². The summed E-state index contributed by atoms with van der Waals surface area (Å²) in [6.07, 6.45) is 0. The molecule has 134 valence electrons. The summed E-state index contributed by atoms with van der Waals surface area (Å²) in [4.78, 5) is 21.1. The molecule has 0 bridgehead atoms. The number of aromatic hydroxyl groups is 2. The molecule has 7 heteroatoms. The van der Waals surface area contributed by atoms with Gasteiger partial charge in [-0.1, -0.05) is 12.1 Å². The fourth-order valence-corrected chi connectivity index (χ4v) is 2.25. The molecule has 0 aliphatic heterocycles. The zero-order valence-electron chi connectivity index (χ0n) is 14.3. The van der Waals surface area contributed by atoms with E-state index in [9.17, 15) is 19.8 Å². The van der Waals surface area contributed by atoms with Crippen molar-refractivity contribution < 1.29 is 47.4 Å². The first-order valence-corrected chi connectivity index (χ1v) is 7.11. The van der Waals surface area contributed by atoms with E-state index in [0.29, 0.717) is 11.1 Å². The average Bonchev–Trinajstić information content (AvgIpc) is 2.46. The number of aryl methyl sites for hydroxylation is 4. The summed E-state index contributed by atoms with van der Waals surface area (Å²) in [5.74, 6) is -2.49. The van der Waals surface area contributed by atoms with Gasteiger partial charge in [0.05, 0.1) is 0 Å². The van der Waals surface area contributed by atoms with Gasteiger partial charge < -0.3 is 20.4 Å². The van der Waals surface area contributed by atoms with Crippen LogP contribution in [0.2, 0.25) is 0 Å². The second-order valence-corrected chi connectivity index (χ2v) is 5.57. The second kappa shape index (κ2) is 9.12. The standard InChI is InChI=1S/2C9H10O3.Cr/c2*1-5-3-6(2)8(10)7(4-5)9(11)12;/h2*3-4,10H,1-2H3,(H,11,12);. The molecule has 0 spiro atoms. The summed E-state index contributed by atoms with van der Waals surface area (Å²) in [7, 11) is 0. The molecule has 25 heavy (non-hydrogen) atoms. The molecule has 0 atom stereocenters. The van der Waals surface area contributed by atoms with E-state index in [2.05, 4.69) is 0 Å². The number of hydrogen-bond acceptors (Lipinski definition) is 4. The van der Waals surface area contributed by atoms with Crippen molar-refractivity contribution in [1.82, 2.24) is 0 Å². The number of carbonyl (C=O) groups is 2. The minimum atomic E-state index is -1.10. The number of carboxylic acid groups (broad SMARTS) is 2. The normalized spacial score (nSPS) is 9.44. The van der Waals surface area contributed by atoms with Crippen molar-refractivity contribution in [2.45, 2.75) is 27.7 Å². The van der Waals surface area contributed by atoms with Crippen LogP contribution in [0.3, 0.4) is 0 Å². The van der Waals surface area contributed by atoms with Gasteiger partial charge in [-0.3, -0.25) is 0 Å². The molecule has 0 radical (unpaired) electrons. The fourth-order valence-electron chi connectivity index (χ4n) is 2.25. The summed E-state index contributed by atoms with van der Waals surface area (Å²) >= 11 is 0. The van der Waals surface area contributed by atoms with E-state index in [0.717, 1.165) is 11.1 Å². The van der Waals surface area contributed by atoms with Crippen LogP contribution >= 0.6 is 0 Å². The monoisotopic (exact) mass is 384 g/mol. The van der Waals surface area contributed by atoms with Gasteiger partial charge in [-0.15, -0.1) is 0 Å². The molecule has 0 amide bonds. The second-order valence-electron chi connectivity index (χ2n) is 5.57. The number of carboxylic acids is 2. The van der Waals surface area contributed by atoms with Crippen molar-refractivity contribution in [3.63, 3.8) is 0 Å². The maximum Gasteiger partial charge on any atom is 0.339 e. The molecule has 0 saturated carbocycles. The van der Waals surface area contributed by atoms with Crippen LogP contribution in [0.15, 0.2) is 24.3 Å². The third-order valence-corrected chi connectivity index (χ3v) is 3.35. The number of benzene rings is 2. The van der Waals surface area contributed by atoms with Crippen LogP contribution in [-0.2, 0) is 17.4 Å². The molecule has 0 heterocycles. The molecule has 0 aromatic heterocycles. The van der Waals surface area contributed by atoms with Crippen LogP contribution < -0.4 is 0 Å². The number of rotatable bonds is 2. The van der Waals surface area contributed by atoms with E-state index >= 15 is 0 Å². The van der Waals surface area contributed by atoms with Crippen molar-refractivity contribution in [3.8, 4) is 11.5 Å². The Morgan fingerprint density at radius 1 is 0.680 bits per heavy atom. The molecule has 2 aromatic carbocycles. The van der Waals surface area contributed by atoms with Gasteiger partial charge >= 0.3 is 11.9 Å². The van der Waals surface area contributed by atoms with Crippen LogP contribution in [0.1, 0.15) is 43.0 Å². The largest absolute Gasteiger partial charge is 0.507 e. The molecular formula is C18H20CrO6. The average molecular weight is 384 g/mol. The third kappa shape index (κ3) is 5.82. The molecule has 0 fully saturated rings. The Morgan fingerprint density at radius 3 is 1.20 bits per heavy atom. The first kappa shape index (κ1) is 22.5. The van der Waals surface area contributed by atoms with Gasteiger partial charge in [0.1, 0.15) is 22.6 Å². The Hall–Kier alpha value is -2.49. The Labute approximate surface area is 156 Å².